The van der Waals surface area contributed by atoms with E-state index in [1.165, 1.54) is 30.9 Å². The van der Waals surface area contributed by atoms with Crippen LogP contribution in [0.3, 0.4) is 0 Å². The van der Waals surface area contributed by atoms with E-state index in [0.29, 0.717) is 17.3 Å². The standard InChI is InChI=1S/C24H25FN4O5/c1-33-20-13-18(10-11-19(20)25)27-24-29-28-23(34-24)22(32)26-17-8-6-16(7-9-17)15-4-2-14(3-5-15)12-21(30)31/h6-11,13-15H,2-5,12H2,1H3,(H,26,32)(H,27,29)(H,30,31). The lowest BCUT2D eigenvalue weighted by Gasteiger charge is -2.28. The monoisotopic (exact) mass is 468 g/mol. The zero-order valence-corrected chi connectivity index (χ0v) is 18.6. The van der Waals surface area contributed by atoms with Crippen LogP contribution in [0.25, 0.3) is 0 Å². The van der Waals surface area contributed by atoms with E-state index in [0.717, 1.165) is 25.7 Å². The Morgan fingerprint density at radius 1 is 1.09 bits per heavy atom. The molecule has 1 aromatic heterocycles. The van der Waals surface area contributed by atoms with Crippen LogP contribution in [-0.2, 0) is 4.79 Å². The minimum absolute atomic E-state index is 0.0207. The number of nitrogens with one attached hydrogen (secondary N) is 2. The number of rotatable bonds is 8. The Labute approximate surface area is 195 Å². The zero-order valence-electron chi connectivity index (χ0n) is 18.6. The van der Waals surface area contributed by atoms with Gasteiger partial charge in [0.05, 0.1) is 7.11 Å². The molecule has 0 spiro atoms. The maximum absolute atomic E-state index is 13.5. The fraction of sp³-hybridized carbons (Fsp3) is 0.333. The predicted octanol–water partition coefficient (Wildman–Crippen LogP) is 4.96. The molecule has 0 atom stereocenters. The van der Waals surface area contributed by atoms with Crippen LogP contribution in [0.1, 0.15) is 54.3 Å². The lowest BCUT2D eigenvalue weighted by Crippen LogP contribution is -2.16. The number of carbonyl (C=O) groups excluding carboxylic acids is 1. The lowest BCUT2D eigenvalue weighted by molar-refractivity contribution is -0.138. The molecule has 3 aromatic rings. The number of amides is 1. The van der Waals surface area contributed by atoms with Crippen molar-refractivity contribution in [3.05, 3.63) is 59.7 Å². The van der Waals surface area contributed by atoms with E-state index in [2.05, 4.69) is 20.8 Å². The van der Waals surface area contributed by atoms with Crippen LogP contribution in [0, 0.1) is 11.7 Å². The Kier molecular flexibility index (Phi) is 7.05. The number of benzene rings is 2. The SMILES string of the molecule is COc1cc(Nc2nnc(C(=O)Nc3ccc(C4CCC(CC(=O)O)CC4)cc3)o2)ccc1F. The third-order valence-electron chi connectivity index (χ3n) is 5.97. The van der Waals surface area contributed by atoms with Gasteiger partial charge in [-0.2, -0.15) is 0 Å². The van der Waals surface area contributed by atoms with E-state index >= 15 is 0 Å². The summed E-state index contributed by atoms with van der Waals surface area (Å²) in [7, 11) is 1.36. The van der Waals surface area contributed by atoms with Gasteiger partial charge < -0.3 is 24.9 Å². The van der Waals surface area contributed by atoms with Gasteiger partial charge >= 0.3 is 23.8 Å². The Balaban J connectivity index is 1.32. The summed E-state index contributed by atoms with van der Waals surface area (Å²) in [6, 6.07) is 11.7. The number of carboxylic acid groups (broad SMARTS) is 1. The number of nitrogens with zero attached hydrogens (tertiary/aromatic N) is 2. The molecule has 1 aliphatic rings. The van der Waals surface area contributed by atoms with Crippen LogP contribution in [0.5, 0.6) is 5.75 Å². The number of hydrogen-bond acceptors (Lipinski definition) is 7. The number of carboxylic acids is 1. The average molecular weight is 468 g/mol. The van der Waals surface area contributed by atoms with Crippen LogP contribution in [0.2, 0.25) is 0 Å². The summed E-state index contributed by atoms with van der Waals surface area (Å²) < 4.78 is 23.8. The fourth-order valence-corrected chi connectivity index (χ4v) is 4.20. The predicted molar refractivity (Wildman–Crippen MR) is 122 cm³/mol. The summed E-state index contributed by atoms with van der Waals surface area (Å²) in [6.07, 6.45) is 3.98. The zero-order chi connectivity index (χ0) is 24.1. The molecule has 34 heavy (non-hydrogen) atoms. The molecule has 4 rings (SSSR count). The molecule has 178 valence electrons. The third-order valence-corrected chi connectivity index (χ3v) is 5.97. The molecular weight excluding hydrogens is 443 g/mol. The number of methoxy groups -OCH3 is 1. The number of ether oxygens (including phenoxy) is 1. The Morgan fingerprint density at radius 2 is 1.79 bits per heavy atom. The molecule has 0 aliphatic heterocycles. The average Bonchev–Trinajstić information content (AvgIpc) is 3.30. The van der Waals surface area contributed by atoms with Gasteiger partial charge in [-0.1, -0.05) is 17.2 Å². The van der Waals surface area contributed by atoms with Crippen LogP contribution >= 0.6 is 0 Å². The highest BCUT2D eigenvalue weighted by atomic mass is 19.1. The van der Waals surface area contributed by atoms with Gasteiger partial charge in [0.2, 0.25) is 0 Å². The number of anilines is 3. The van der Waals surface area contributed by atoms with E-state index in [1.807, 2.05) is 24.3 Å². The Morgan fingerprint density at radius 3 is 2.47 bits per heavy atom. The summed E-state index contributed by atoms with van der Waals surface area (Å²) in [6.45, 7) is 0. The first-order valence-corrected chi connectivity index (χ1v) is 11.0. The largest absolute Gasteiger partial charge is 0.494 e. The summed E-state index contributed by atoms with van der Waals surface area (Å²) in [5.74, 6) is -1.31. The molecule has 0 saturated heterocycles. The van der Waals surface area contributed by atoms with E-state index < -0.39 is 17.7 Å². The Hall–Kier alpha value is -3.95. The molecule has 9 nitrogen and oxygen atoms in total. The summed E-state index contributed by atoms with van der Waals surface area (Å²) in [5, 5.41) is 22.0. The van der Waals surface area contributed by atoms with Crippen molar-refractivity contribution in [1.29, 1.82) is 0 Å². The van der Waals surface area contributed by atoms with Gasteiger partial charge in [-0.3, -0.25) is 9.59 Å². The topological polar surface area (TPSA) is 127 Å². The maximum atomic E-state index is 13.5. The molecule has 2 aromatic carbocycles. The number of hydrogen-bond donors (Lipinski definition) is 3. The van der Waals surface area contributed by atoms with Crippen molar-refractivity contribution in [3.8, 4) is 5.75 Å². The molecule has 1 amide bonds. The van der Waals surface area contributed by atoms with Crippen molar-refractivity contribution in [2.24, 2.45) is 5.92 Å². The lowest BCUT2D eigenvalue weighted by atomic mass is 9.77. The first kappa shape index (κ1) is 23.2. The molecule has 0 radical (unpaired) electrons. The van der Waals surface area contributed by atoms with E-state index in [9.17, 15) is 14.0 Å². The highest BCUT2D eigenvalue weighted by Gasteiger charge is 2.24. The van der Waals surface area contributed by atoms with Gasteiger partial charge in [0.25, 0.3) is 0 Å². The molecule has 1 saturated carbocycles. The minimum atomic E-state index is -0.733. The third kappa shape index (κ3) is 5.69. The normalized spacial score (nSPS) is 17.7. The molecule has 1 heterocycles. The van der Waals surface area contributed by atoms with Crippen LogP contribution < -0.4 is 15.4 Å². The summed E-state index contributed by atoms with van der Waals surface area (Å²) in [5.41, 5.74) is 2.22. The summed E-state index contributed by atoms with van der Waals surface area (Å²) in [4.78, 5) is 23.4. The minimum Gasteiger partial charge on any atom is -0.494 e. The van der Waals surface area contributed by atoms with Crippen LogP contribution in [-0.4, -0.2) is 34.3 Å². The smallest absolute Gasteiger partial charge is 0.320 e. The van der Waals surface area contributed by atoms with Gasteiger partial charge in [0, 0.05) is 23.9 Å². The van der Waals surface area contributed by atoms with Crippen molar-refractivity contribution < 1.29 is 28.2 Å². The molecule has 1 fully saturated rings. The van der Waals surface area contributed by atoms with Gasteiger partial charge in [-0.15, -0.1) is 5.10 Å². The van der Waals surface area contributed by atoms with Crippen molar-refractivity contribution in [3.63, 3.8) is 0 Å². The quantitative estimate of drug-likeness (QED) is 0.423. The number of aromatic nitrogens is 2. The van der Waals surface area contributed by atoms with Crippen molar-refractivity contribution in [1.82, 2.24) is 10.2 Å². The van der Waals surface area contributed by atoms with E-state index in [1.54, 1.807) is 0 Å². The molecule has 0 unspecified atom stereocenters. The number of carbonyl (C=O) groups is 2. The van der Waals surface area contributed by atoms with Crippen molar-refractivity contribution in [2.75, 3.05) is 17.7 Å². The Bertz CT molecular complexity index is 1160. The number of aliphatic carboxylic acids is 1. The maximum Gasteiger partial charge on any atom is 0.320 e. The second kappa shape index (κ2) is 10.3. The highest BCUT2D eigenvalue weighted by Crippen LogP contribution is 2.37. The van der Waals surface area contributed by atoms with Crippen molar-refractivity contribution in [2.45, 2.75) is 38.0 Å². The molecule has 10 heteroatoms. The molecular formula is C24H25FN4O5. The fourth-order valence-electron chi connectivity index (χ4n) is 4.20. The highest BCUT2D eigenvalue weighted by molar-refractivity contribution is 6.00. The second-order valence-electron chi connectivity index (χ2n) is 8.28. The second-order valence-corrected chi connectivity index (χ2v) is 8.28. The van der Waals surface area contributed by atoms with Crippen LogP contribution in [0.4, 0.5) is 21.8 Å². The molecule has 1 aliphatic carbocycles. The van der Waals surface area contributed by atoms with Gasteiger partial charge in [-0.25, -0.2) is 4.39 Å². The van der Waals surface area contributed by atoms with Gasteiger partial charge in [-0.05, 0) is 67.3 Å². The van der Waals surface area contributed by atoms with Gasteiger partial charge in [0.15, 0.2) is 11.6 Å². The van der Waals surface area contributed by atoms with Gasteiger partial charge in [0.1, 0.15) is 0 Å². The van der Waals surface area contributed by atoms with E-state index in [4.69, 9.17) is 14.3 Å². The first-order chi connectivity index (χ1) is 16.4. The first-order valence-electron chi connectivity index (χ1n) is 11.0. The summed E-state index contributed by atoms with van der Waals surface area (Å²) >= 11 is 0. The number of halogens is 1. The van der Waals surface area contributed by atoms with E-state index in [-0.39, 0.29) is 30.0 Å². The molecule has 0 bridgehead atoms. The van der Waals surface area contributed by atoms with Crippen LogP contribution in [0.15, 0.2) is 46.9 Å². The van der Waals surface area contributed by atoms with Crippen molar-refractivity contribution >= 4 is 29.3 Å². The molecule has 3 N–H and O–H groups in total.